The monoisotopic (exact) mass is 246 g/mol. The highest BCUT2D eigenvalue weighted by Crippen LogP contribution is 2.29. The average molecular weight is 247 g/mol. The molecule has 0 unspecified atom stereocenters. The summed E-state index contributed by atoms with van der Waals surface area (Å²) in [5.74, 6) is 0. The summed E-state index contributed by atoms with van der Waals surface area (Å²) < 4.78 is 0.843. The second kappa shape index (κ2) is 5.19. The van der Waals surface area contributed by atoms with Gasteiger partial charge in [-0.05, 0) is 30.5 Å². The van der Waals surface area contributed by atoms with Gasteiger partial charge in [-0.25, -0.2) is 0 Å². The topological polar surface area (TPSA) is 29.3 Å². The van der Waals surface area contributed by atoms with Crippen LogP contribution >= 0.6 is 22.9 Å². The van der Waals surface area contributed by atoms with Gasteiger partial charge >= 0.3 is 0 Å². The first-order valence-corrected chi connectivity index (χ1v) is 6.30. The van der Waals surface area contributed by atoms with Gasteiger partial charge in [0, 0.05) is 13.6 Å². The Labute approximate surface area is 101 Å². The van der Waals surface area contributed by atoms with E-state index in [1.165, 1.54) is 5.00 Å². The van der Waals surface area contributed by atoms with E-state index < -0.39 is 0 Å². The van der Waals surface area contributed by atoms with Crippen LogP contribution in [-0.4, -0.2) is 20.1 Å². The number of rotatable bonds is 5. The van der Waals surface area contributed by atoms with Gasteiger partial charge in [0.15, 0.2) is 0 Å². The summed E-state index contributed by atoms with van der Waals surface area (Å²) in [7, 11) is 2.09. The van der Waals surface area contributed by atoms with E-state index in [9.17, 15) is 0 Å². The maximum atomic E-state index is 5.89. The van der Waals surface area contributed by atoms with Crippen LogP contribution in [0.15, 0.2) is 12.1 Å². The van der Waals surface area contributed by atoms with E-state index >= 15 is 0 Å². The van der Waals surface area contributed by atoms with Crippen LogP contribution < -0.4 is 10.6 Å². The zero-order valence-electron chi connectivity index (χ0n) is 9.59. The molecule has 1 aromatic rings. The Morgan fingerprint density at radius 3 is 2.60 bits per heavy atom. The zero-order chi connectivity index (χ0) is 11.5. The van der Waals surface area contributed by atoms with Gasteiger partial charge in [-0.3, -0.25) is 0 Å². The molecule has 15 heavy (non-hydrogen) atoms. The van der Waals surface area contributed by atoms with Crippen LogP contribution in [0.4, 0.5) is 5.00 Å². The van der Waals surface area contributed by atoms with Crippen molar-refractivity contribution in [2.45, 2.75) is 20.3 Å². The standard InChI is InChI=1S/C11H19ClN2S/c1-11(2,8-13)6-7-14(3)10-5-4-9(12)15-10/h4-5H,6-8,13H2,1-3H3. The number of thiophene rings is 1. The smallest absolute Gasteiger partial charge is 0.0950 e. The lowest BCUT2D eigenvalue weighted by atomic mass is 9.89. The molecule has 0 radical (unpaired) electrons. The van der Waals surface area contributed by atoms with Crippen molar-refractivity contribution in [2.24, 2.45) is 11.1 Å². The van der Waals surface area contributed by atoms with Gasteiger partial charge in [0.1, 0.15) is 0 Å². The molecule has 0 aromatic carbocycles. The number of anilines is 1. The molecule has 4 heteroatoms. The van der Waals surface area contributed by atoms with Crippen molar-refractivity contribution in [1.82, 2.24) is 0 Å². The molecule has 0 amide bonds. The second-order valence-corrected chi connectivity index (χ2v) is 6.31. The fourth-order valence-corrected chi connectivity index (χ4v) is 2.21. The Morgan fingerprint density at radius 1 is 1.47 bits per heavy atom. The molecule has 0 bridgehead atoms. The summed E-state index contributed by atoms with van der Waals surface area (Å²) in [5, 5.41) is 1.22. The molecule has 0 aliphatic rings. The van der Waals surface area contributed by atoms with Gasteiger partial charge in [-0.2, -0.15) is 0 Å². The van der Waals surface area contributed by atoms with Crippen molar-refractivity contribution in [3.8, 4) is 0 Å². The molecule has 86 valence electrons. The highest BCUT2D eigenvalue weighted by atomic mass is 35.5. The predicted molar refractivity (Wildman–Crippen MR) is 70.1 cm³/mol. The van der Waals surface area contributed by atoms with Gasteiger partial charge < -0.3 is 10.6 Å². The third kappa shape index (κ3) is 4.01. The summed E-state index contributed by atoms with van der Waals surface area (Å²) in [6.07, 6.45) is 1.09. The molecule has 0 saturated heterocycles. The minimum atomic E-state index is 0.218. The van der Waals surface area contributed by atoms with Crippen LogP contribution in [0.5, 0.6) is 0 Å². The Morgan fingerprint density at radius 2 is 2.13 bits per heavy atom. The van der Waals surface area contributed by atoms with Crippen molar-refractivity contribution >= 4 is 27.9 Å². The Kier molecular flexibility index (Phi) is 4.44. The number of hydrogen-bond acceptors (Lipinski definition) is 3. The molecular formula is C11H19ClN2S. The summed E-state index contributed by atoms with van der Waals surface area (Å²) in [6, 6.07) is 3.99. The van der Waals surface area contributed by atoms with Crippen molar-refractivity contribution in [3.63, 3.8) is 0 Å². The van der Waals surface area contributed by atoms with Crippen molar-refractivity contribution in [3.05, 3.63) is 16.5 Å². The van der Waals surface area contributed by atoms with Crippen LogP contribution in [0.2, 0.25) is 4.34 Å². The third-order valence-corrected chi connectivity index (χ3v) is 3.96. The highest BCUT2D eigenvalue weighted by molar-refractivity contribution is 7.19. The fourth-order valence-electron chi connectivity index (χ4n) is 1.19. The van der Waals surface area contributed by atoms with Gasteiger partial charge in [-0.15, -0.1) is 11.3 Å². The molecule has 2 nitrogen and oxygen atoms in total. The van der Waals surface area contributed by atoms with Crippen LogP contribution in [0, 0.1) is 5.41 Å². The molecule has 0 aliphatic heterocycles. The Balaban J connectivity index is 2.46. The Hall–Kier alpha value is -0.250. The lowest BCUT2D eigenvalue weighted by molar-refractivity contribution is 0.351. The molecule has 0 spiro atoms. The minimum absolute atomic E-state index is 0.218. The van der Waals surface area contributed by atoms with Crippen molar-refractivity contribution in [2.75, 3.05) is 25.0 Å². The summed E-state index contributed by atoms with van der Waals surface area (Å²) in [4.78, 5) is 2.23. The van der Waals surface area contributed by atoms with E-state index in [0.29, 0.717) is 0 Å². The van der Waals surface area contributed by atoms with Gasteiger partial charge in [0.25, 0.3) is 0 Å². The van der Waals surface area contributed by atoms with Crippen molar-refractivity contribution < 1.29 is 0 Å². The molecule has 1 aromatic heterocycles. The first kappa shape index (κ1) is 12.8. The summed E-state index contributed by atoms with van der Waals surface area (Å²) in [5.41, 5.74) is 5.92. The maximum absolute atomic E-state index is 5.89. The lowest BCUT2D eigenvalue weighted by Crippen LogP contribution is -2.29. The lowest BCUT2D eigenvalue weighted by Gasteiger charge is -2.26. The van der Waals surface area contributed by atoms with E-state index in [2.05, 4.69) is 31.9 Å². The maximum Gasteiger partial charge on any atom is 0.0950 e. The minimum Gasteiger partial charge on any atom is -0.366 e. The van der Waals surface area contributed by atoms with Crippen LogP contribution in [0.1, 0.15) is 20.3 Å². The molecule has 0 aliphatic carbocycles. The molecule has 1 heterocycles. The Bertz CT molecular complexity index is 309. The molecule has 1 rings (SSSR count). The molecule has 2 N–H and O–H groups in total. The van der Waals surface area contributed by atoms with Crippen LogP contribution in [0.25, 0.3) is 0 Å². The normalized spacial score (nSPS) is 11.8. The summed E-state index contributed by atoms with van der Waals surface area (Å²) in [6.45, 7) is 6.14. The zero-order valence-corrected chi connectivity index (χ0v) is 11.2. The van der Waals surface area contributed by atoms with Crippen LogP contribution in [0.3, 0.4) is 0 Å². The first-order chi connectivity index (χ1) is 6.94. The van der Waals surface area contributed by atoms with Crippen molar-refractivity contribution in [1.29, 1.82) is 0 Å². The largest absolute Gasteiger partial charge is 0.366 e. The quantitative estimate of drug-likeness (QED) is 0.865. The van der Waals surface area contributed by atoms with Gasteiger partial charge in [0.05, 0.1) is 9.34 Å². The van der Waals surface area contributed by atoms with Gasteiger partial charge in [0.2, 0.25) is 0 Å². The van der Waals surface area contributed by atoms with E-state index in [1.807, 2.05) is 6.07 Å². The molecular weight excluding hydrogens is 228 g/mol. The predicted octanol–water partition coefficient (Wildman–Crippen LogP) is 3.21. The summed E-state index contributed by atoms with van der Waals surface area (Å²) >= 11 is 7.51. The van der Waals surface area contributed by atoms with E-state index in [-0.39, 0.29) is 5.41 Å². The molecule has 0 atom stereocenters. The third-order valence-electron chi connectivity index (χ3n) is 2.61. The molecule has 0 saturated carbocycles. The second-order valence-electron chi connectivity index (χ2n) is 4.62. The van der Waals surface area contributed by atoms with E-state index in [0.717, 1.165) is 23.8 Å². The highest BCUT2D eigenvalue weighted by Gasteiger charge is 2.16. The number of nitrogens with two attached hydrogens (primary N) is 1. The number of hydrogen-bond donors (Lipinski definition) is 1. The van der Waals surface area contributed by atoms with E-state index in [4.69, 9.17) is 17.3 Å². The molecule has 0 fully saturated rings. The number of halogens is 1. The number of nitrogens with zero attached hydrogens (tertiary/aromatic N) is 1. The SMILES string of the molecule is CN(CCC(C)(C)CN)c1ccc(Cl)s1. The first-order valence-electron chi connectivity index (χ1n) is 5.11. The van der Waals surface area contributed by atoms with E-state index in [1.54, 1.807) is 11.3 Å². The fraction of sp³-hybridized carbons (Fsp3) is 0.636. The van der Waals surface area contributed by atoms with Crippen LogP contribution in [-0.2, 0) is 0 Å². The van der Waals surface area contributed by atoms with Gasteiger partial charge in [-0.1, -0.05) is 25.4 Å². The average Bonchev–Trinajstić information content (AvgIpc) is 2.61.